The number of halogens is 1. The minimum absolute atomic E-state index is 0.134. The van der Waals surface area contributed by atoms with Crippen molar-refractivity contribution in [1.29, 1.82) is 5.26 Å². The van der Waals surface area contributed by atoms with Crippen molar-refractivity contribution in [1.82, 2.24) is 0 Å². The largest absolute Gasteiger partial charge is 0.393 e. The van der Waals surface area contributed by atoms with Crippen LogP contribution in [0.1, 0.15) is 44.1 Å². The van der Waals surface area contributed by atoms with Gasteiger partial charge >= 0.3 is 0 Å². The molecule has 0 unspecified atom stereocenters. The highest BCUT2D eigenvalue weighted by molar-refractivity contribution is 5.61. The molecule has 3 rings (SSSR count). The second-order valence-electron chi connectivity index (χ2n) is 6.16. The summed E-state index contributed by atoms with van der Waals surface area (Å²) < 4.78 is 13.9. The Morgan fingerprint density at radius 1 is 1.19 bits per heavy atom. The van der Waals surface area contributed by atoms with E-state index in [0.717, 1.165) is 45.1 Å². The molecule has 0 spiro atoms. The standard InChI is InChI=1S/C17H21FN2O/c18-14-6-3-7-16(13(14)11-19)20-10-4-8-15(20)12-5-1-2-9-17(12)21/h3,6-7,12,15,17,21H,1-2,4-5,8-10H2/t12-,15+,17-/m0/s1. The Morgan fingerprint density at radius 2 is 2.00 bits per heavy atom. The predicted molar refractivity (Wildman–Crippen MR) is 79.4 cm³/mol. The Hall–Kier alpha value is -1.60. The van der Waals surface area contributed by atoms with Crippen LogP contribution >= 0.6 is 0 Å². The topological polar surface area (TPSA) is 47.3 Å². The predicted octanol–water partition coefficient (Wildman–Crippen LogP) is 3.22. The van der Waals surface area contributed by atoms with Crippen LogP contribution in [0.15, 0.2) is 18.2 Å². The molecule has 1 aliphatic carbocycles. The number of nitrogens with zero attached hydrogens (tertiary/aromatic N) is 2. The van der Waals surface area contributed by atoms with Crippen molar-refractivity contribution in [3.63, 3.8) is 0 Å². The normalized spacial score (nSPS) is 29.4. The van der Waals surface area contributed by atoms with Gasteiger partial charge < -0.3 is 10.0 Å². The number of hydrogen-bond donors (Lipinski definition) is 1. The lowest BCUT2D eigenvalue weighted by Gasteiger charge is -2.38. The minimum atomic E-state index is -0.454. The van der Waals surface area contributed by atoms with E-state index < -0.39 is 5.82 Å². The first-order chi connectivity index (χ1) is 10.2. The highest BCUT2D eigenvalue weighted by Gasteiger charge is 2.37. The molecule has 2 fully saturated rings. The van der Waals surface area contributed by atoms with Crippen molar-refractivity contribution >= 4 is 5.69 Å². The molecule has 1 heterocycles. The minimum Gasteiger partial charge on any atom is -0.393 e. The molecule has 3 nitrogen and oxygen atoms in total. The smallest absolute Gasteiger partial charge is 0.143 e. The molecule has 0 bridgehead atoms. The molecular weight excluding hydrogens is 267 g/mol. The monoisotopic (exact) mass is 288 g/mol. The SMILES string of the molecule is N#Cc1c(F)cccc1N1CCC[C@@H]1[C@@H]1CCCC[C@@H]1O. The average Bonchev–Trinajstić information content (AvgIpc) is 2.96. The van der Waals surface area contributed by atoms with E-state index in [1.54, 1.807) is 6.07 Å². The van der Waals surface area contributed by atoms with E-state index in [4.69, 9.17) is 0 Å². The first kappa shape index (κ1) is 14.3. The number of aliphatic hydroxyl groups excluding tert-OH is 1. The van der Waals surface area contributed by atoms with E-state index in [2.05, 4.69) is 4.90 Å². The van der Waals surface area contributed by atoms with Gasteiger partial charge in [-0.3, -0.25) is 0 Å². The highest BCUT2D eigenvalue weighted by atomic mass is 19.1. The first-order valence-electron chi connectivity index (χ1n) is 7.85. The zero-order chi connectivity index (χ0) is 14.8. The number of aliphatic hydroxyl groups is 1. The molecule has 1 saturated heterocycles. The molecule has 1 N–H and O–H groups in total. The molecule has 112 valence electrons. The van der Waals surface area contributed by atoms with Crippen LogP contribution in [0, 0.1) is 23.1 Å². The highest BCUT2D eigenvalue weighted by Crippen LogP contribution is 2.38. The van der Waals surface area contributed by atoms with Crippen LogP contribution in [0.2, 0.25) is 0 Å². The van der Waals surface area contributed by atoms with Gasteiger partial charge in [-0.25, -0.2) is 4.39 Å². The van der Waals surface area contributed by atoms with E-state index in [0.29, 0.717) is 5.69 Å². The van der Waals surface area contributed by atoms with Crippen LogP contribution < -0.4 is 4.90 Å². The molecule has 21 heavy (non-hydrogen) atoms. The zero-order valence-electron chi connectivity index (χ0n) is 12.1. The van der Waals surface area contributed by atoms with E-state index in [9.17, 15) is 14.8 Å². The molecule has 0 amide bonds. The van der Waals surface area contributed by atoms with E-state index in [-0.39, 0.29) is 23.6 Å². The Kier molecular flexibility index (Phi) is 4.12. The Morgan fingerprint density at radius 3 is 2.76 bits per heavy atom. The molecule has 0 radical (unpaired) electrons. The molecule has 1 aromatic carbocycles. The van der Waals surface area contributed by atoms with Gasteiger partial charge in [0.2, 0.25) is 0 Å². The molecule has 0 aromatic heterocycles. The quantitative estimate of drug-likeness (QED) is 0.909. The van der Waals surface area contributed by atoms with Crippen LogP contribution in [0.3, 0.4) is 0 Å². The van der Waals surface area contributed by atoms with Crippen LogP contribution in [0.5, 0.6) is 0 Å². The van der Waals surface area contributed by atoms with E-state index in [1.807, 2.05) is 12.1 Å². The van der Waals surface area contributed by atoms with Gasteiger partial charge in [-0.05, 0) is 37.8 Å². The van der Waals surface area contributed by atoms with Crippen molar-refractivity contribution in [3.05, 3.63) is 29.6 Å². The maximum Gasteiger partial charge on any atom is 0.143 e. The van der Waals surface area contributed by atoms with Gasteiger partial charge in [0.1, 0.15) is 17.4 Å². The van der Waals surface area contributed by atoms with Crippen molar-refractivity contribution in [2.75, 3.05) is 11.4 Å². The number of rotatable bonds is 2. The molecule has 1 saturated carbocycles. The fourth-order valence-corrected chi connectivity index (χ4v) is 3.99. The van der Waals surface area contributed by atoms with Crippen molar-refractivity contribution < 1.29 is 9.50 Å². The van der Waals surface area contributed by atoms with Gasteiger partial charge in [0, 0.05) is 18.5 Å². The third-order valence-electron chi connectivity index (χ3n) is 4.99. The maximum absolute atomic E-state index is 13.9. The van der Waals surface area contributed by atoms with Gasteiger partial charge in [-0.2, -0.15) is 5.26 Å². The number of benzene rings is 1. The summed E-state index contributed by atoms with van der Waals surface area (Å²) in [6.07, 6.45) is 5.93. The molecule has 3 atom stereocenters. The van der Waals surface area contributed by atoms with Crippen LogP contribution in [0.25, 0.3) is 0 Å². The third-order valence-corrected chi connectivity index (χ3v) is 4.99. The Balaban J connectivity index is 1.91. The molecule has 1 aromatic rings. The average molecular weight is 288 g/mol. The summed E-state index contributed by atoms with van der Waals surface area (Å²) >= 11 is 0. The van der Waals surface area contributed by atoms with Crippen molar-refractivity contribution in [2.24, 2.45) is 5.92 Å². The van der Waals surface area contributed by atoms with Crippen molar-refractivity contribution in [2.45, 2.75) is 50.7 Å². The van der Waals surface area contributed by atoms with Crippen LogP contribution in [-0.4, -0.2) is 23.8 Å². The third kappa shape index (κ3) is 2.63. The summed E-state index contributed by atoms with van der Waals surface area (Å²) in [5, 5.41) is 19.6. The van der Waals surface area contributed by atoms with Gasteiger partial charge in [-0.1, -0.05) is 18.9 Å². The molecule has 2 aliphatic rings. The second-order valence-corrected chi connectivity index (χ2v) is 6.16. The number of hydrogen-bond acceptors (Lipinski definition) is 3. The summed E-state index contributed by atoms with van der Waals surface area (Å²) in [6, 6.07) is 7.06. The Bertz CT molecular complexity index is 554. The zero-order valence-corrected chi connectivity index (χ0v) is 12.1. The van der Waals surface area contributed by atoms with E-state index in [1.165, 1.54) is 6.07 Å². The lowest BCUT2D eigenvalue weighted by molar-refractivity contribution is 0.0566. The number of nitriles is 1. The lowest BCUT2D eigenvalue weighted by Crippen LogP contribution is -2.43. The van der Waals surface area contributed by atoms with Gasteiger partial charge in [0.25, 0.3) is 0 Å². The summed E-state index contributed by atoms with van der Waals surface area (Å²) in [5.74, 6) is -0.207. The van der Waals surface area contributed by atoms with E-state index >= 15 is 0 Å². The van der Waals surface area contributed by atoms with Crippen LogP contribution in [0.4, 0.5) is 10.1 Å². The molecule has 1 aliphatic heterocycles. The van der Waals surface area contributed by atoms with Gasteiger partial charge in [0.15, 0.2) is 0 Å². The second kappa shape index (κ2) is 6.03. The van der Waals surface area contributed by atoms with Crippen LogP contribution in [-0.2, 0) is 0 Å². The maximum atomic E-state index is 13.9. The molecular formula is C17H21FN2O. The van der Waals surface area contributed by atoms with Gasteiger partial charge in [-0.15, -0.1) is 0 Å². The lowest BCUT2D eigenvalue weighted by atomic mass is 9.80. The fraction of sp³-hybridized carbons (Fsp3) is 0.588. The summed E-state index contributed by atoms with van der Waals surface area (Å²) in [6.45, 7) is 0.839. The number of anilines is 1. The summed E-state index contributed by atoms with van der Waals surface area (Å²) in [7, 11) is 0. The van der Waals surface area contributed by atoms with Crippen molar-refractivity contribution in [3.8, 4) is 6.07 Å². The summed E-state index contributed by atoms with van der Waals surface area (Å²) in [5.41, 5.74) is 0.826. The Labute approximate surface area is 125 Å². The van der Waals surface area contributed by atoms with Gasteiger partial charge in [0.05, 0.1) is 11.8 Å². The first-order valence-corrected chi connectivity index (χ1v) is 7.85. The summed E-state index contributed by atoms with van der Waals surface area (Å²) in [4.78, 5) is 2.15. The molecule has 4 heteroatoms. The fourth-order valence-electron chi connectivity index (χ4n) is 3.99.